The van der Waals surface area contributed by atoms with Crippen molar-refractivity contribution in [3.8, 4) is 11.3 Å². The summed E-state index contributed by atoms with van der Waals surface area (Å²) in [5, 5.41) is 6.55. The van der Waals surface area contributed by atoms with Gasteiger partial charge in [-0.1, -0.05) is 31.1 Å². The number of anilines is 1. The molecule has 0 aliphatic carbocycles. The summed E-state index contributed by atoms with van der Waals surface area (Å²) >= 11 is 0. The molecule has 5 heteroatoms. The first-order valence-corrected chi connectivity index (χ1v) is 7.67. The summed E-state index contributed by atoms with van der Waals surface area (Å²) in [6.07, 6.45) is 0. The smallest absolute Gasteiger partial charge is 0.277 e. The van der Waals surface area contributed by atoms with E-state index in [0.29, 0.717) is 22.9 Å². The molecule has 1 aromatic heterocycles. The van der Waals surface area contributed by atoms with Crippen LogP contribution in [0.5, 0.6) is 0 Å². The Kier molecular flexibility index (Phi) is 4.42. The summed E-state index contributed by atoms with van der Waals surface area (Å²) in [6, 6.07) is 15.0. The Morgan fingerprint density at radius 1 is 1.08 bits per heavy atom. The molecule has 122 valence electrons. The second-order valence-corrected chi connectivity index (χ2v) is 5.81. The maximum Gasteiger partial charge on any atom is 0.277 e. The highest BCUT2D eigenvalue weighted by Crippen LogP contribution is 2.22. The molecule has 1 heterocycles. The van der Waals surface area contributed by atoms with Crippen molar-refractivity contribution in [1.29, 1.82) is 0 Å². The summed E-state index contributed by atoms with van der Waals surface area (Å²) in [4.78, 5) is 12.2. The molecular formula is C19H17FN2O2. The number of carbonyl (C=O) groups is 1. The Balaban J connectivity index is 1.72. The SMILES string of the molecule is CC(C)c1ccc(NC(=O)c2cc(-c3ccc(F)cc3)on2)cc1. The second-order valence-electron chi connectivity index (χ2n) is 5.81. The monoisotopic (exact) mass is 324 g/mol. The number of rotatable bonds is 4. The molecule has 3 aromatic rings. The van der Waals surface area contributed by atoms with Crippen molar-refractivity contribution in [2.45, 2.75) is 19.8 Å². The number of hydrogen-bond donors (Lipinski definition) is 1. The zero-order valence-electron chi connectivity index (χ0n) is 13.4. The molecule has 3 rings (SSSR count). The molecule has 0 bridgehead atoms. The molecule has 0 unspecified atom stereocenters. The zero-order valence-corrected chi connectivity index (χ0v) is 13.4. The lowest BCUT2D eigenvalue weighted by molar-refractivity contribution is 0.101. The summed E-state index contributed by atoms with van der Waals surface area (Å²) < 4.78 is 18.1. The van der Waals surface area contributed by atoms with Crippen molar-refractivity contribution in [3.05, 3.63) is 71.7 Å². The molecule has 0 spiro atoms. The Labute approximate surface area is 139 Å². The van der Waals surface area contributed by atoms with Gasteiger partial charge in [0, 0.05) is 17.3 Å². The number of hydrogen-bond acceptors (Lipinski definition) is 3. The molecule has 0 saturated carbocycles. The number of aromatic nitrogens is 1. The molecule has 24 heavy (non-hydrogen) atoms. The minimum absolute atomic E-state index is 0.169. The standard InChI is InChI=1S/C19H17FN2O2/c1-12(2)13-5-9-16(10-6-13)21-19(23)17-11-18(24-22-17)14-3-7-15(20)8-4-14/h3-12H,1-2H3,(H,21,23). The number of carbonyl (C=O) groups excluding carboxylic acids is 1. The third-order valence-electron chi connectivity index (χ3n) is 3.71. The molecular weight excluding hydrogens is 307 g/mol. The Morgan fingerprint density at radius 2 is 1.75 bits per heavy atom. The van der Waals surface area contributed by atoms with E-state index in [1.54, 1.807) is 12.1 Å². The van der Waals surface area contributed by atoms with Gasteiger partial charge in [0.1, 0.15) is 5.82 Å². The average Bonchev–Trinajstić information content (AvgIpc) is 3.06. The van der Waals surface area contributed by atoms with Crippen molar-refractivity contribution in [3.63, 3.8) is 0 Å². The first-order valence-electron chi connectivity index (χ1n) is 7.67. The van der Waals surface area contributed by atoms with Gasteiger partial charge in [-0.25, -0.2) is 4.39 Å². The number of amides is 1. The van der Waals surface area contributed by atoms with Gasteiger partial charge in [0.05, 0.1) is 0 Å². The van der Waals surface area contributed by atoms with Crippen molar-refractivity contribution in [1.82, 2.24) is 5.16 Å². The fraction of sp³-hybridized carbons (Fsp3) is 0.158. The number of halogens is 1. The highest BCUT2D eigenvalue weighted by molar-refractivity contribution is 6.03. The van der Waals surface area contributed by atoms with Crippen LogP contribution in [0.1, 0.15) is 35.8 Å². The fourth-order valence-corrected chi connectivity index (χ4v) is 2.28. The normalized spacial score (nSPS) is 10.8. The van der Waals surface area contributed by atoms with Crippen molar-refractivity contribution < 1.29 is 13.7 Å². The maximum absolute atomic E-state index is 12.9. The highest BCUT2D eigenvalue weighted by Gasteiger charge is 2.14. The van der Waals surface area contributed by atoms with Gasteiger partial charge < -0.3 is 9.84 Å². The third-order valence-corrected chi connectivity index (χ3v) is 3.71. The molecule has 1 N–H and O–H groups in total. The molecule has 4 nitrogen and oxygen atoms in total. The van der Waals surface area contributed by atoms with Crippen LogP contribution in [0.25, 0.3) is 11.3 Å². The van der Waals surface area contributed by atoms with E-state index in [9.17, 15) is 9.18 Å². The largest absolute Gasteiger partial charge is 0.355 e. The predicted octanol–water partition coefficient (Wildman–Crippen LogP) is 4.86. The average molecular weight is 324 g/mol. The van der Waals surface area contributed by atoms with E-state index in [-0.39, 0.29) is 17.4 Å². The minimum Gasteiger partial charge on any atom is -0.355 e. The van der Waals surface area contributed by atoms with Crippen LogP contribution in [-0.2, 0) is 0 Å². The van der Waals surface area contributed by atoms with E-state index in [1.165, 1.54) is 23.8 Å². The van der Waals surface area contributed by atoms with E-state index in [0.717, 1.165) is 0 Å². The van der Waals surface area contributed by atoms with Crippen LogP contribution in [0.4, 0.5) is 10.1 Å². The van der Waals surface area contributed by atoms with E-state index in [4.69, 9.17) is 4.52 Å². The molecule has 0 saturated heterocycles. The number of nitrogens with one attached hydrogen (secondary N) is 1. The van der Waals surface area contributed by atoms with Gasteiger partial charge in [0.2, 0.25) is 0 Å². The first kappa shape index (κ1) is 15.9. The van der Waals surface area contributed by atoms with E-state index < -0.39 is 0 Å². The lowest BCUT2D eigenvalue weighted by Crippen LogP contribution is -2.12. The van der Waals surface area contributed by atoms with Crippen LogP contribution < -0.4 is 5.32 Å². The van der Waals surface area contributed by atoms with Gasteiger partial charge in [-0.3, -0.25) is 4.79 Å². The maximum atomic E-state index is 12.9. The van der Waals surface area contributed by atoms with E-state index >= 15 is 0 Å². The van der Waals surface area contributed by atoms with E-state index in [1.807, 2.05) is 24.3 Å². The van der Waals surface area contributed by atoms with Gasteiger partial charge in [-0.2, -0.15) is 0 Å². The molecule has 0 fully saturated rings. The number of nitrogens with zero attached hydrogens (tertiary/aromatic N) is 1. The van der Waals surface area contributed by atoms with E-state index in [2.05, 4.69) is 24.3 Å². The van der Waals surface area contributed by atoms with Crippen molar-refractivity contribution in [2.24, 2.45) is 0 Å². The van der Waals surface area contributed by atoms with Crippen LogP contribution in [0.2, 0.25) is 0 Å². The molecule has 0 radical (unpaired) electrons. The van der Waals surface area contributed by atoms with Gasteiger partial charge in [-0.15, -0.1) is 0 Å². The fourth-order valence-electron chi connectivity index (χ4n) is 2.28. The molecule has 2 aromatic carbocycles. The Bertz CT molecular complexity index is 837. The molecule has 1 amide bonds. The summed E-state index contributed by atoms with van der Waals surface area (Å²) in [5.74, 6) is 0.157. The summed E-state index contributed by atoms with van der Waals surface area (Å²) in [7, 11) is 0. The Morgan fingerprint density at radius 3 is 2.38 bits per heavy atom. The summed E-state index contributed by atoms with van der Waals surface area (Å²) in [5.41, 5.74) is 2.72. The highest BCUT2D eigenvalue weighted by atomic mass is 19.1. The first-order chi connectivity index (χ1) is 11.5. The topological polar surface area (TPSA) is 55.1 Å². The zero-order chi connectivity index (χ0) is 17.1. The van der Waals surface area contributed by atoms with Crippen molar-refractivity contribution in [2.75, 3.05) is 5.32 Å². The predicted molar refractivity (Wildman–Crippen MR) is 90.4 cm³/mol. The quantitative estimate of drug-likeness (QED) is 0.746. The van der Waals surface area contributed by atoms with Gasteiger partial charge in [0.25, 0.3) is 5.91 Å². The lowest BCUT2D eigenvalue weighted by atomic mass is 10.0. The molecule has 0 aliphatic rings. The number of benzene rings is 2. The van der Waals surface area contributed by atoms with Crippen LogP contribution in [0, 0.1) is 5.82 Å². The van der Waals surface area contributed by atoms with Crippen LogP contribution in [-0.4, -0.2) is 11.1 Å². The Hall–Kier alpha value is -2.95. The van der Waals surface area contributed by atoms with Crippen LogP contribution in [0.3, 0.4) is 0 Å². The van der Waals surface area contributed by atoms with Crippen LogP contribution in [0.15, 0.2) is 59.1 Å². The minimum atomic E-state index is -0.357. The third kappa shape index (κ3) is 3.51. The lowest BCUT2D eigenvalue weighted by Gasteiger charge is -2.07. The summed E-state index contributed by atoms with van der Waals surface area (Å²) in [6.45, 7) is 4.22. The molecule has 0 atom stereocenters. The second kappa shape index (κ2) is 6.66. The van der Waals surface area contributed by atoms with Gasteiger partial charge in [0.15, 0.2) is 11.5 Å². The molecule has 0 aliphatic heterocycles. The van der Waals surface area contributed by atoms with Crippen molar-refractivity contribution >= 4 is 11.6 Å². The van der Waals surface area contributed by atoms with Gasteiger partial charge in [-0.05, 0) is 47.9 Å². The van der Waals surface area contributed by atoms with Gasteiger partial charge >= 0.3 is 0 Å². The van der Waals surface area contributed by atoms with Crippen LogP contribution >= 0.6 is 0 Å².